The van der Waals surface area contributed by atoms with Gasteiger partial charge in [-0.3, -0.25) is 0 Å². The van der Waals surface area contributed by atoms with Crippen LogP contribution in [0.15, 0.2) is 36.5 Å². The molecule has 2 aromatic carbocycles. The summed E-state index contributed by atoms with van der Waals surface area (Å²) in [5, 5.41) is 8.21. The maximum absolute atomic E-state index is 5.40. The molecule has 0 spiro atoms. The summed E-state index contributed by atoms with van der Waals surface area (Å²) >= 11 is 0. The van der Waals surface area contributed by atoms with Crippen LogP contribution in [0.2, 0.25) is 0 Å². The molecule has 1 aromatic heterocycles. The Hall–Kier alpha value is -2.22. The zero-order valence-electron chi connectivity index (χ0n) is 14.4. The predicted molar refractivity (Wildman–Crippen MR) is 99.0 cm³/mol. The van der Waals surface area contributed by atoms with Crippen molar-refractivity contribution in [3.8, 4) is 39.9 Å². The predicted octanol–water partition coefficient (Wildman–Crippen LogP) is 2.12. The molecule has 0 amide bonds. The standard InChI is InChI=1S/C18H18N3O4.Na.H/c1-22-14-7-5-12(6-8-14)15-11-19-20-21(15)13-9-16(23-2)18(25-4)17(10-13)24-3;;/h5-7,9-11H,1-4H3;;. The van der Waals surface area contributed by atoms with Crippen LogP contribution in [0.4, 0.5) is 0 Å². The monoisotopic (exact) mass is 364 g/mol. The van der Waals surface area contributed by atoms with E-state index in [4.69, 9.17) is 18.9 Å². The molecule has 8 heteroatoms. The Morgan fingerprint density at radius 1 is 0.923 bits per heavy atom. The summed E-state index contributed by atoms with van der Waals surface area (Å²) in [5.41, 5.74) is 2.44. The van der Waals surface area contributed by atoms with Crippen LogP contribution in [0.5, 0.6) is 23.0 Å². The summed E-state index contributed by atoms with van der Waals surface area (Å²) in [6, 6.07) is 12.3. The first-order valence-electron chi connectivity index (χ1n) is 7.49. The maximum atomic E-state index is 5.40. The summed E-state index contributed by atoms with van der Waals surface area (Å²) < 4.78 is 23.0. The van der Waals surface area contributed by atoms with Crippen molar-refractivity contribution in [1.82, 2.24) is 15.0 Å². The Balaban J connectivity index is 0.00000243. The normalized spacial score (nSPS) is 10.0. The molecule has 0 aliphatic heterocycles. The molecular formula is C18H19N3NaO4. The molecule has 0 fully saturated rings. The van der Waals surface area contributed by atoms with Crippen LogP contribution < -0.4 is 18.9 Å². The quantitative estimate of drug-likeness (QED) is 0.624. The fourth-order valence-electron chi connectivity index (χ4n) is 2.51. The van der Waals surface area contributed by atoms with Gasteiger partial charge in [0.15, 0.2) is 11.5 Å². The zero-order valence-corrected chi connectivity index (χ0v) is 14.4. The molecule has 0 atom stereocenters. The fourth-order valence-corrected chi connectivity index (χ4v) is 2.51. The van der Waals surface area contributed by atoms with Gasteiger partial charge < -0.3 is 18.9 Å². The van der Waals surface area contributed by atoms with Gasteiger partial charge in [-0.2, -0.15) is 0 Å². The molecule has 1 radical (unpaired) electrons. The summed E-state index contributed by atoms with van der Waals surface area (Å²) in [6.45, 7) is 0. The van der Waals surface area contributed by atoms with Crippen LogP contribution in [0.25, 0.3) is 16.9 Å². The summed E-state index contributed by atoms with van der Waals surface area (Å²) in [6.07, 6.45) is 1.68. The van der Waals surface area contributed by atoms with Crippen LogP contribution in [0, 0.1) is 6.07 Å². The topological polar surface area (TPSA) is 67.6 Å². The number of hydrogen-bond donors (Lipinski definition) is 0. The SMILES string of the molecule is COc1[c]cc(-c2cnnn2-c2cc(OC)c(OC)c(OC)c2)cc1.[NaH]. The van der Waals surface area contributed by atoms with Crippen LogP contribution in [-0.4, -0.2) is 73.0 Å². The molecule has 7 nitrogen and oxygen atoms in total. The van der Waals surface area contributed by atoms with Gasteiger partial charge in [0, 0.05) is 23.8 Å². The number of benzene rings is 2. The Morgan fingerprint density at radius 3 is 2.12 bits per heavy atom. The molecule has 3 rings (SSSR count). The van der Waals surface area contributed by atoms with E-state index in [9.17, 15) is 0 Å². The molecule has 3 aromatic rings. The zero-order chi connectivity index (χ0) is 17.8. The first-order chi connectivity index (χ1) is 12.2. The van der Waals surface area contributed by atoms with Crippen LogP contribution in [0.1, 0.15) is 0 Å². The van der Waals surface area contributed by atoms with Gasteiger partial charge in [0.1, 0.15) is 5.75 Å². The molecule has 26 heavy (non-hydrogen) atoms. The van der Waals surface area contributed by atoms with E-state index in [2.05, 4.69) is 16.4 Å². The third-order valence-corrected chi connectivity index (χ3v) is 3.74. The number of aromatic nitrogens is 3. The molecule has 0 aliphatic carbocycles. The van der Waals surface area contributed by atoms with Gasteiger partial charge in [-0.1, -0.05) is 5.21 Å². The van der Waals surface area contributed by atoms with Gasteiger partial charge in [0.25, 0.3) is 0 Å². The second-order valence-corrected chi connectivity index (χ2v) is 5.06. The van der Waals surface area contributed by atoms with Crippen molar-refractivity contribution in [2.45, 2.75) is 0 Å². The Morgan fingerprint density at radius 2 is 1.62 bits per heavy atom. The van der Waals surface area contributed by atoms with Crippen molar-refractivity contribution in [1.29, 1.82) is 0 Å². The van der Waals surface area contributed by atoms with E-state index in [0.29, 0.717) is 23.0 Å². The van der Waals surface area contributed by atoms with Crippen LogP contribution >= 0.6 is 0 Å². The van der Waals surface area contributed by atoms with Gasteiger partial charge >= 0.3 is 29.6 Å². The molecule has 0 bridgehead atoms. The van der Waals surface area contributed by atoms with Gasteiger partial charge in [0.05, 0.1) is 46.0 Å². The first kappa shape index (κ1) is 20.1. The minimum absolute atomic E-state index is 0. The number of rotatable bonds is 6. The second kappa shape index (κ2) is 8.93. The van der Waals surface area contributed by atoms with Crippen molar-refractivity contribution >= 4 is 29.6 Å². The third kappa shape index (κ3) is 3.80. The molecule has 0 aliphatic rings. The average Bonchev–Trinajstić information content (AvgIpc) is 3.16. The van der Waals surface area contributed by atoms with E-state index >= 15 is 0 Å². The van der Waals surface area contributed by atoms with Crippen LogP contribution in [0.3, 0.4) is 0 Å². The average molecular weight is 364 g/mol. The van der Waals surface area contributed by atoms with Crippen LogP contribution in [-0.2, 0) is 0 Å². The van der Waals surface area contributed by atoms with E-state index in [1.807, 2.05) is 30.3 Å². The molecular weight excluding hydrogens is 345 g/mol. The second-order valence-electron chi connectivity index (χ2n) is 5.06. The molecule has 0 N–H and O–H groups in total. The van der Waals surface area contributed by atoms with Gasteiger partial charge in [-0.15, -0.1) is 5.10 Å². The third-order valence-electron chi connectivity index (χ3n) is 3.74. The molecule has 0 saturated heterocycles. The number of nitrogens with zero attached hydrogens (tertiary/aromatic N) is 3. The molecule has 0 saturated carbocycles. The molecule has 1 heterocycles. The van der Waals surface area contributed by atoms with Crippen molar-refractivity contribution in [2.75, 3.05) is 28.4 Å². The Labute approximate surface area is 174 Å². The number of methoxy groups -OCH3 is 4. The van der Waals surface area contributed by atoms with Gasteiger partial charge in [-0.05, 0) is 18.2 Å². The van der Waals surface area contributed by atoms with Gasteiger partial charge in [0.2, 0.25) is 5.75 Å². The van der Waals surface area contributed by atoms with E-state index in [-0.39, 0.29) is 29.6 Å². The first-order valence-corrected chi connectivity index (χ1v) is 7.49. The number of ether oxygens (including phenoxy) is 4. The van der Waals surface area contributed by atoms with E-state index in [1.165, 1.54) is 0 Å². The Bertz CT molecular complexity index is 840. The molecule has 131 valence electrons. The van der Waals surface area contributed by atoms with Crippen molar-refractivity contribution in [3.63, 3.8) is 0 Å². The van der Waals surface area contributed by atoms with Crippen molar-refractivity contribution in [2.24, 2.45) is 0 Å². The molecule has 0 unspecified atom stereocenters. The van der Waals surface area contributed by atoms with E-state index in [0.717, 1.165) is 16.9 Å². The van der Waals surface area contributed by atoms with Crippen molar-refractivity contribution in [3.05, 3.63) is 42.6 Å². The Kier molecular flexibility index (Phi) is 6.90. The summed E-state index contributed by atoms with van der Waals surface area (Å²) in [7, 11) is 6.31. The summed E-state index contributed by atoms with van der Waals surface area (Å²) in [5.74, 6) is 2.27. The van der Waals surface area contributed by atoms with E-state index in [1.54, 1.807) is 39.3 Å². The van der Waals surface area contributed by atoms with Crippen molar-refractivity contribution < 1.29 is 18.9 Å². The fraction of sp³-hybridized carbons (Fsp3) is 0.222. The van der Waals surface area contributed by atoms with E-state index < -0.39 is 0 Å². The minimum atomic E-state index is 0. The summed E-state index contributed by atoms with van der Waals surface area (Å²) in [4.78, 5) is 0. The number of hydrogen-bond acceptors (Lipinski definition) is 6. The van der Waals surface area contributed by atoms with Gasteiger partial charge in [-0.25, -0.2) is 4.68 Å².